The molecule has 0 spiro atoms. The standard InChI is InChI=1S/2C6H6.H3P/c2*1-2-4-6-5-3-1;/h2*1-6H;1H3. The van der Waals surface area contributed by atoms with Crippen molar-refractivity contribution in [1.82, 2.24) is 0 Å². The van der Waals surface area contributed by atoms with Crippen molar-refractivity contribution < 1.29 is 0 Å². The Kier molecular flexibility index (Phi) is 8.18. The van der Waals surface area contributed by atoms with Crippen LogP contribution in [0.15, 0.2) is 72.8 Å². The molecule has 1 unspecified atom stereocenters. The van der Waals surface area contributed by atoms with Crippen molar-refractivity contribution in [2.45, 2.75) is 0 Å². The predicted molar refractivity (Wildman–Crippen MR) is 64.0 cm³/mol. The van der Waals surface area contributed by atoms with E-state index in [-0.39, 0.29) is 9.90 Å². The van der Waals surface area contributed by atoms with Gasteiger partial charge in [0.15, 0.2) is 0 Å². The van der Waals surface area contributed by atoms with Crippen molar-refractivity contribution in [3.05, 3.63) is 72.8 Å². The van der Waals surface area contributed by atoms with Crippen LogP contribution in [0.2, 0.25) is 0 Å². The summed E-state index contributed by atoms with van der Waals surface area (Å²) in [7, 11) is 0. The molecule has 0 bridgehead atoms. The molecule has 0 saturated heterocycles. The van der Waals surface area contributed by atoms with Crippen molar-refractivity contribution in [3.63, 3.8) is 0 Å². The first kappa shape index (κ1) is 11.9. The van der Waals surface area contributed by atoms with Gasteiger partial charge in [-0.3, -0.25) is 0 Å². The smallest absolute Gasteiger partial charge is 0.0623 e. The molecule has 0 amide bonds. The highest BCUT2D eigenvalue weighted by Crippen LogP contribution is 1.80. The lowest BCUT2D eigenvalue weighted by Gasteiger charge is -1.69. The molecule has 0 aliphatic rings. The molecule has 2 aromatic carbocycles. The van der Waals surface area contributed by atoms with E-state index in [9.17, 15) is 0 Å². The third-order valence-electron chi connectivity index (χ3n) is 1.33. The Labute approximate surface area is 83.2 Å². The van der Waals surface area contributed by atoms with E-state index in [0.29, 0.717) is 0 Å². The fraction of sp³-hybridized carbons (Fsp3) is 0. The molecule has 0 heterocycles. The van der Waals surface area contributed by atoms with E-state index in [4.69, 9.17) is 0 Å². The van der Waals surface area contributed by atoms with Gasteiger partial charge in [0.2, 0.25) is 0 Å². The highest BCUT2D eigenvalue weighted by Gasteiger charge is 1.58. The molecule has 0 fully saturated rings. The monoisotopic (exact) mass is 190 g/mol. The molecular formula is C12H15P. The molecule has 0 nitrogen and oxygen atoms in total. The fourth-order valence-corrected chi connectivity index (χ4v) is 0.770. The zero-order valence-corrected chi connectivity index (χ0v) is 9.05. The summed E-state index contributed by atoms with van der Waals surface area (Å²) >= 11 is 0. The molecule has 0 radical (unpaired) electrons. The Morgan fingerprint density at radius 2 is 0.308 bits per heavy atom. The van der Waals surface area contributed by atoms with Gasteiger partial charge in [0.25, 0.3) is 0 Å². The maximum absolute atomic E-state index is 2.00. The molecule has 2 aromatic rings. The van der Waals surface area contributed by atoms with Crippen molar-refractivity contribution in [3.8, 4) is 0 Å². The second-order valence-electron chi connectivity index (χ2n) is 2.31. The summed E-state index contributed by atoms with van der Waals surface area (Å²) < 4.78 is 0. The van der Waals surface area contributed by atoms with Crippen molar-refractivity contribution in [2.24, 2.45) is 0 Å². The molecule has 0 aromatic heterocycles. The maximum Gasteiger partial charge on any atom is -0.0623 e. The first-order valence-corrected chi connectivity index (χ1v) is 4.00. The highest BCUT2D eigenvalue weighted by atomic mass is 31.0. The molecule has 1 atom stereocenters. The normalized spacial score (nSPS) is 7.38. The van der Waals surface area contributed by atoms with Crippen LogP contribution in [-0.4, -0.2) is 0 Å². The Hall–Kier alpha value is -1.13. The zero-order chi connectivity index (χ0) is 8.49. The van der Waals surface area contributed by atoms with Crippen LogP contribution < -0.4 is 0 Å². The molecular weight excluding hydrogens is 175 g/mol. The first-order chi connectivity index (χ1) is 6.00. The van der Waals surface area contributed by atoms with Gasteiger partial charge in [0, 0.05) is 0 Å². The largest absolute Gasteiger partial charge is 0.153 e. The van der Waals surface area contributed by atoms with Gasteiger partial charge in [-0.15, -0.1) is 0 Å². The van der Waals surface area contributed by atoms with E-state index in [2.05, 4.69) is 0 Å². The first-order valence-electron chi connectivity index (χ1n) is 4.00. The molecule has 0 aliphatic carbocycles. The minimum absolute atomic E-state index is 0. The quantitative estimate of drug-likeness (QED) is 0.558. The van der Waals surface area contributed by atoms with Gasteiger partial charge in [-0.1, -0.05) is 72.8 Å². The number of hydrogen-bond donors (Lipinski definition) is 0. The second kappa shape index (κ2) is 8.96. The maximum atomic E-state index is 2.00. The molecule has 13 heavy (non-hydrogen) atoms. The summed E-state index contributed by atoms with van der Waals surface area (Å²) in [6.07, 6.45) is 0. The van der Waals surface area contributed by atoms with Gasteiger partial charge < -0.3 is 0 Å². The SMILES string of the molecule is P.c1ccccc1.c1ccccc1. The Morgan fingerprint density at radius 3 is 0.385 bits per heavy atom. The molecule has 2 rings (SSSR count). The summed E-state index contributed by atoms with van der Waals surface area (Å²) in [5.74, 6) is 0. The van der Waals surface area contributed by atoms with Crippen LogP contribution >= 0.6 is 9.90 Å². The van der Waals surface area contributed by atoms with Crippen molar-refractivity contribution in [2.75, 3.05) is 0 Å². The predicted octanol–water partition coefficient (Wildman–Crippen LogP) is 3.43. The summed E-state index contributed by atoms with van der Waals surface area (Å²) in [5, 5.41) is 0. The van der Waals surface area contributed by atoms with Gasteiger partial charge in [-0.25, -0.2) is 0 Å². The third-order valence-corrected chi connectivity index (χ3v) is 1.33. The molecule has 0 saturated carbocycles. The topological polar surface area (TPSA) is 0 Å². The summed E-state index contributed by atoms with van der Waals surface area (Å²) in [4.78, 5) is 0. The van der Waals surface area contributed by atoms with E-state index in [0.717, 1.165) is 0 Å². The summed E-state index contributed by atoms with van der Waals surface area (Å²) in [5.41, 5.74) is 0. The lowest BCUT2D eigenvalue weighted by atomic mass is 10.4. The van der Waals surface area contributed by atoms with Gasteiger partial charge in [0.05, 0.1) is 0 Å². The van der Waals surface area contributed by atoms with Crippen LogP contribution in [0, 0.1) is 0 Å². The molecule has 1 heteroatoms. The Bertz CT molecular complexity index is 181. The lowest BCUT2D eigenvalue weighted by Crippen LogP contribution is -1.47. The fourth-order valence-electron chi connectivity index (χ4n) is 0.770. The van der Waals surface area contributed by atoms with E-state index < -0.39 is 0 Å². The van der Waals surface area contributed by atoms with Crippen molar-refractivity contribution >= 4 is 9.90 Å². The second-order valence-corrected chi connectivity index (χ2v) is 2.31. The number of rotatable bonds is 0. The highest BCUT2D eigenvalue weighted by molar-refractivity contribution is 6.92. The lowest BCUT2D eigenvalue weighted by molar-refractivity contribution is 1.72. The van der Waals surface area contributed by atoms with E-state index >= 15 is 0 Å². The van der Waals surface area contributed by atoms with Crippen molar-refractivity contribution in [1.29, 1.82) is 0 Å². The van der Waals surface area contributed by atoms with Crippen LogP contribution in [0.3, 0.4) is 0 Å². The molecule has 0 N–H and O–H groups in total. The summed E-state index contributed by atoms with van der Waals surface area (Å²) in [6, 6.07) is 24.0. The van der Waals surface area contributed by atoms with Crippen LogP contribution in [0.4, 0.5) is 0 Å². The Balaban J connectivity index is 0.000000206. The molecule has 68 valence electrons. The van der Waals surface area contributed by atoms with E-state index in [1.54, 1.807) is 0 Å². The third kappa shape index (κ3) is 7.24. The van der Waals surface area contributed by atoms with Gasteiger partial charge >= 0.3 is 0 Å². The average Bonchev–Trinajstić information content (AvgIpc) is 2.24. The van der Waals surface area contributed by atoms with Crippen LogP contribution in [0.5, 0.6) is 0 Å². The Morgan fingerprint density at radius 1 is 0.231 bits per heavy atom. The van der Waals surface area contributed by atoms with Gasteiger partial charge in [-0.05, 0) is 0 Å². The van der Waals surface area contributed by atoms with Crippen LogP contribution in [0.25, 0.3) is 0 Å². The molecule has 0 aliphatic heterocycles. The average molecular weight is 190 g/mol. The van der Waals surface area contributed by atoms with Crippen LogP contribution in [0.1, 0.15) is 0 Å². The van der Waals surface area contributed by atoms with Gasteiger partial charge in [0.1, 0.15) is 0 Å². The number of benzene rings is 2. The zero-order valence-electron chi connectivity index (χ0n) is 7.64. The van der Waals surface area contributed by atoms with Crippen LogP contribution in [-0.2, 0) is 0 Å². The summed E-state index contributed by atoms with van der Waals surface area (Å²) in [6.45, 7) is 0. The number of hydrogen-bond acceptors (Lipinski definition) is 0. The van der Waals surface area contributed by atoms with E-state index in [1.165, 1.54) is 0 Å². The minimum Gasteiger partial charge on any atom is -0.153 e. The van der Waals surface area contributed by atoms with Gasteiger partial charge in [-0.2, -0.15) is 9.90 Å². The van der Waals surface area contributed by atoms with E-state index in [1.807, 2.05) is 72.8 Å². The minimum atomic E-state index is 0.